The first-order valence-electron chi connectivity index (χ1n) is 8.09. The molecule has 1 aliphatic rings. The van der Waals surface area contributed by atoms with Crippen molar-refractivity contribution in [3.05, 3.63) is 29.8 Å². The normalized spacial score (nSPS) is 23.6. The monoisotopic (exact) mass is 313 g/mol. The number of rotatable bonds is 4. The van der Waals surface area contributed by atoms with Crippen LogP contribution in [0.5, 0.6) is 0 Å². The van der Waals surface area contributed by atoms with Crippen LogP contribution in [0.4, 0.5) is 5.69 Å². The molecule has 5 heteroatoms. The SMILES string of the molecule is C[C@H]1[C@H](C)CCC[C@@H]1NC(=O)c1ccc(NC(=O)CC#N)cc1. The fourth-order valence-corrected chi connectivity index (χ4v) is 3.02. The smallest absolute Gasteiger partial charge is 0.251 e. The average Bonchev–Trinajstić information content (AvgIpc) is 2.52. The highest BCUT2D eigenvalue weighted by molar-refractivity contribution is 5.96. The number of nitriles is 1. The van der Waals surface area contributed by atoms with Gasteiger partial charge in [-0.1, -0.05) is 26.7 Å². The van der Waals surface area contributed by atoms with E-state index in [-0.39, 0.29) is 24.3 Å². The van der Waals surface area contributed by atoms with E-state index in [0.717, 1.165) is 12.8 Å². The zero-order valence-corrected chi connectivity index (χ0v) is 13.6. The second kappa shape index (κ2) is 7.77. The third-order valence-corrected chi connectivity index (χ3v) is 4.69. The van der Waals surface area contributed by atoms with E-state index >= 15 is 0 Å². The standard InChI is InChI=1S/C18H23N3O2/c1-12-4-3-5-16(13(12)2)21-18(23)14-6-8-15(9-7-14)20-17(22)10-11-19/h6-9,12-13,16H,3-5,10H2,1-2H3,(H,20,22)(H,21,23)/t12-,13+,16+/m1/s1. The number of amides is 2. The molecule has 0 bridgehead atoms. The van der Waals surface area contributed by atoms with Crippen molar-refractivity contribution in [2.75, 3.05) is 5.32 Å². The summed E-state index contributed by atoms with van der Waals surface area (Å²) >= 11 is 0. The van der Waals surface area contributed by atoms with Gasteiger partial charge in [-0.25, -0.2) is 0 Å². The summed E-state index contributed by atoms with van der Waals surface area (Å²) in [6, 6.07) is 8.75. The van der Waals surface area contributed by atoms with Crippen molar-refractivity contribution >= 4 is 17.5 Å². The molecule has 0 spiro atoms. The molecule has 0 unspecified atom stereocenters. The van der Waals surface area contributed by atoms with Crippen LogP contribution in [0.15, 0.2) is 24.3 Å². The first kappa shape index (κ1) is 17.0. The van der Waals surface area contributed by atoms with Crippen LogP contribution >= 0.6 is 0 Å². The van der Waals surface area contributed by atoms with E-state index in [1.807, 2.05) is 0 Å². The molecule has 2 rings (SSSR count). The lowest BCUT2D eigenvalue weighted by Gasteiger charge is -2.34. The van der Waals surface area contributed by atoms with E-state index in [9.17, 15) is 9.59 Å². The van der Waals surface area contributed by atoms with E-state index < -0.39 is 0 Å². The first-order chi connectivity index (χ1) is 11.0. The Morgan fingerprint density at radius 2 is 1.91 bits per heavy atom. The molecule has 1 aromatic rings. The summed E-state index contributed by atoms with van der Waals surface area (Å²) in [5.41, 5.74) is 1.16. The Morgan fingerprint density at radius 1 is 1.22 bits per heavy atom. The largest absolute Gasteiger partial charge is 0.349 e. The van der Waals surface area contributed by atoms with E-state index in [4.69, 9.17) is 5.26 Å². The van der Waals surface area contributed by atoms with E-state index in [2.05, 4.69) is 24.5 Å². The van der Waals surface area contributed by atoms with Crippen LogP contribution in [-0.4, -0.2) is 17.9 Å². The summed E-state index contributed by atoms with van der Waals surface area (Å²) in [5.74, 6) is 0.685. The first-order valence-corrected chi connectivity index (χ1v) is 8.09. The Bertz CT molecular complexity index is 604. The molecule has 0 radical (unpaired) electrons. The van der Waals surface area contributed by atoms with Gasteiger partial charge in [0.15, 0.2) is 0 Å². The van der Waals surface area contributed by atoms with Crippen molar-refractivity contribution in [3.8, 4) is 6.07 Å². The molecule has 23 heavy (non-hydrogen) atoms. The summed E-state index contributed by atoms with van der Waals surface area (Å²) in [7, 11) is 0. The van der Waals surface area contributed by atoms with Gasteiger partial charge in [0.1, 0.15) is 6.42 Å². The molecule has 122 valence electrons. The Morgan fingerprint density at radius 3 is 2.57 bits per heavy atom. The summed E-state index contributed by atoms with van der Waals surface area (Å²) < 4.78 is 0. The van der Waals surface area contributed by atoms with Crippen molar-refractivity contribution < 1.29 is 9.59 Å². The number of hydrogen-bond donors (Lipinski definition) is 2. The van der Waals surface area contributed by atoms with E-state index in [0.29, 0.717) is 23.1 Å². The molecule has 1 fully saturated rings. The molecular weight excluding hydrogens is 290 g/mol. The summed E-state index contributed by atoms with van der Waals surface area (Å²) in [6.07, 6.45) is 3.23. The minimum absolute atomic E-state index is 0.0779. The van der Waals surface area contributed by atoms with Crippen molar-refractivity contribution in [2.24, 2.45) is 11.8 Å². The highest BCUT2D eigenvalue weighted by atomic mass is 16.2. The molecular formula is C18H23N3O2. The highest BCUT2D eigenvalue weighted by Crippen LogP contribution is 2.29. The van der Waals surface area contributed by atoms with Gasteiger partial charge in [-0.05, 0) is 42.5 Å². The number of carbonyl (C=O) groups is 2. The van der Waals surface area contributed by atoms with E-state index in [1.165, 1.54) is 6.42 Å². The molecule has 2 amide bonds. The molecule has 3 atom stereocenters. The maximum Gasteiger partial charge on any atom is 0.251 e. The number of benzene rings is 1. The van der Waals surface area contributed by atoms with Crippen LogP contribution in [-0.2, 0) is 4.79 Å². The van der Waals surface area contributed by atoms with Crippen molar-refractivity contribution in [1.29, 1.82) is 5.26 Å². The number of carbonyl (C=O) groups excluding carboxylic acids is 2. The third kappa shape index (κ3) is 4.56. The Balaban J connectivity index is 1.95. The Labute approximate surface area is 137 Å². The van der Waals surface area contributed by atoms with E-state index in [1.54, 1.807) is 30.3 Å². The minimum atomic E-state index is -0.352. The minimum Gasteiger partial charge on any atom is -0.349 e. The lowest BCUT2D eigenvalue weighted by Crippen LogP contribution is -2.43. The molecule has 0 aromatic heterocycles. The van der Waals surface area contributed by atoms with Crippen LogP contribution in [0.25, 0.3) is 0 Å². The second-order valence-corrected chi connectivity index (χ2v) is 6.31. The fraction of sp³-hybridized carbons (Fsp3) is 0.500. The maximum absolute atomic E-state index is 12.4. The zero-order chi connectivity index (χ0) is 16.8. The van der Waals surface area contributed by atoms with Gasteiger partial charge in [-0.2, -0.15) is 5.26 Å². The molecule has 1 aromatic carbocycles. The lowest BCUT2D eigenvalue weighted by atomic mass is 9.78. The predicted molar refractivity (Wildman–Crippen MR) is 88.7 cm³/mol. The summed E-state index contributed by atoms with van der Waals surface area (Å²) in [6.45, 7) is 4.43. The van der Waals surface area contributed by atoms with Crippen molar-refractivity contribution in [1.82, 2.24) is 5.32 Å². The Kier molecular flexibility index (Phi) is 5.75. The molecule has 1 aliphatic carbocycles. The van der Waals surface area contributed by atoms with Gasteiger partial charge in [0.05, 0.1) is 6.07 Å². The number of hydrogen-bond acceptors (Lipinski definition) is 3. The molecule has 1 saturated carbocycles. The predicted octanol–water partition coefficient (Wildman–Crippen LogP) is 3.09. The molecule has 0 aliphatic heterocycles. The number of nitrogens with one attached hydrogen (secondary N) is 2. The second-order valence-electron chi connectivity index (χ2n) is 6.31. The van der Waals surface area contributed by atoms with Crippen LogP contribution in [0.2, 0.25) is 0 Å². The van der Waals surface area contributed by atoms with Gasteiger partial charge in [0.25, 0.3) is 5.91 Å². The summed E-state index contributed by atoms with van der Waals surface area (Å²) in [5, 5.41) is 14.2. The number of anilines is 1. The highest BCUT2D eigenvalue weighted by Gasteiger charge is 2.28. The van der Waals surface area contributed by atoms with Crippen LogP contribution in [0, 0.1) is 23.2 Å². The van der Waals surface area contributed by atoms with Crippen LogP contribution in [0.1, 0.15) is 49.9 Å². The van der Waals surface area contributed by atoms with Crippen LogP contribution < -0.4 is 10.6 Å². The van der Waals surface area contributed by atoms with Gasteiger partial charge in [0.2, 0.25) is 5.91 Å². The maximum atomic E-state index is 12.4. The van der Waals surface area contributed by atoms with Gasteiger partial charge in [0, 0.05) is 17.3 Å². The molecule has 5 nitrogen and oxygen atoms in total. The quantitative estimate of drug-likeness (QED) is 0.896. The molecule has 2 N–H and O–H groups in total. The molecule has 0 saturated heterocycles. The third-order valence-electron chi connectivity index (χ3n) is 4.69. The van der Waals surface area contributed by atoms with Gasteiger partial charge < -0.3 is 10.6 Å². The average molecular weight is 313 g/mol. The van der Waals surface area contributed by atoms with Crippen molar-refractivity contribution in [2.45, 2.75) is 45.6 Å². The number of nitrogens with zero attached hydrogens (tertiary/aromatic N) is 1. The zero-order valence-electron chi connectivity index (χ0n) is 13.6. The van der Waals surface area contributed by atoms with Gasteiger partial charge in [-0.15, -0.1) is 0 Å². The summed E-state index contributed by atoms with van der Waals surface area (Å²) in [4.78, 5) is 23.7. The Hall–Kier alpha value is -2.35. The topological polar surface area (TPSA) is 82.0 Å². The molecule has 0 heterocycles. The van der Waals surface area contributed by atoms with Crippen LogP contribution in [0.3, 0.4) is 0 Å². The van der Waals surface area contributed by atoms with Crippen molar-refractivity contribution in [3.63, 3.8) is 0 Å². The fourth-order valence-electron chi connectivity index (χ4n) is 3.02. The van der Waals surface area contributed by atoms with Gasteiger partial charge >= 0.3 is 0 Å². The lowest BCUT2D eigenvalue weighted by molar-refractivity contribution is -0.115. The van der Waals surface area contributed by atoms with Gasteiger partial charge in [-0.3, -0.25) is 9.59 Å².